The molecule has 0 saturated heterocycles. The summed E-state index contributed by atoms with van der Waals surface area (Å²) in [6, 6.07) is 5.70. The second kappa shape index (κ2) is 4.92. The molecule has 0 spiro atoms. The first-order valence-electron chi connectivity index (χ1n) is 8.67. The van der Waals surface area contributed by atoms with Crippen LogP contribution in [0.1, 0.15) is 56.1 Å². The van der Waals surface area contributed by atoms with Gasteiger partial charge in [0.05, 0.1) is 4.90 Å². The number of fused-ring (bicyclic) bond motifs is 5. The first-order chi connectivity index (χ1) is 10.8. The van der Waals surface area contributed by atoms with Crippen LogP contribution in [0.15, 0.2) is 23.1 Å². The molecule has 0 bridgehead atoms. The van der Waals surface area contributed by atoms with Crippen LogP contribution in [-0.4, -0.2) is 20.5 Å². The molecule has 23 heavy (non-hydrogen) atoms. The van der Waals surface area contributed by atoms with Crippen molar-refractivity contribution >= 4 is 15.6 Å². The molecule has 2 saturated carbocycles. The normalized spacial score (nSPS) is 36.3. The van der Waals surface area contributed by atoms with Gasteiger partial charge in [-0.05, 0) is 73.1 Å². The molecule has 2 fully saturated rings. The SMILES string of the molecule is C[C@]12CC[C@@H]3c4ccc(S(C)(=O)=O)cc4CC[C@H]3[C@@H]1CCC2=O. The zero-order chi connectivity index (χ0) is 16.4. The van der Waals surface area contributed by atoms with E-state index in [1.165, 1.54) is 17.4 Å². The van der Waals surface area contributed by atoms with Crippen LogP contribution in [0.2, 0.25) is 0 Å². The highest BCUT2D eigenvalue weighted by atomic mass is 32.2. The average Bonchev–Trinajstić information content (AvgIpc) is 2.81. The Morgan fingerprint density at radius 2 is 1.91 bits per heavy atom. The minimum Gasteiger partial charge on any atom is -0.299 e. The van der Waals surface area contributed by atoms with Crippen molar-refractivity contribution in [1.82, 2.24) is 0 Å². The monoisotopic (exact) mass is 332 g/mol. The third-order valence-electron chi connectivity index (χ3n) is 6.84. The van der Waals surface area contributed by atoms with Gasteiger partial charge in [0.15, 0.2) is 9.84 Å². The summed E-state index contributed by atoms with van der Waals surface area (Å²) in [6.45, 7) is 2.19. The van der Waals surface area contributed by atoms with E-state index < -0.39 is 9.84 Å². The van der Waals surface area contributed by atoms with Crippen molar-refractivity contribution in [3.63, 3.8) is 0 Å². The van der Waals surface area contributed by atoms with Gasteiger partial charge in [-0.2, -0.15) is 0 Å². The Labute approximate surface area is 138 Å². The van der Waals surface area contributed by atoms with Crippen molar-refractivity contribution < 1.29 is 13.2 Å². The number of carbonyl (C=O) groups is 1. The molecule has 4 heteroatoms. The fraction of sp³-hybridized carbons (Fsp3) is 0.632. The molecular weight excluding hydrogens is 308 g/mol. The van der Waals surface area contributed by atoms with Gasteiger partial charge in [0.2, 0.25) is 0 Å². The minimum absolute atomic E-state index is 0.0919. The van der Waals surface area contributed by atoms with Gasteiger partial charge >= 0.3 is 0 Å². The molecule has 0 unspecified atom stereocenters. The van der Waals surface area contributed by atoms with Crippen LogP contribution in [0.3, 0.4) is 0 Å². The van der Waals surface area contributed by atoms with Crippen molar-refractivity contribution in [3.8, 4) is 0 Å². The number of Topliss-reactive ketones (excluding diaryl/α,β-unsaturated/α-hetero) is 1. The van der Waals surface area contributed by atoms with E-state index in [0.717, 1.165) is 38.5 Å². The van der Waals surface area contributed by atoms with Gasteiger partial charge in [0, 0.05) is 18.1 Å². The van der Waals surface area contributed by atoms with E-state index in [1.54, 1.807) is 6.07 Å². The Balaban J connectivity index is 1.72. The number of ketones is 1. The number of aryl methyl sites for hydroxylation is 1. The molecule has 0 radical (unpaired) electrons. The van der Waals surface area contributed by atoms with Crippen LogP contribution >= 0.6 is 0 Å². The van der Waals surface area contributed by atoms with Gasteiger partial charge < -0.3 is 0 Å². The second-order valence-electron chi connectivity index (χ2n) is 7.97. The van der Waals surface area contributed by atoms with E-state index in [2.05, 4.69) is 6.92 Å². The van der Waals surface area contributed by atoms with Gasteiger partial charge in [-0.3, -0.25) is 4.79 Å². The molecule has 1 aromatic carbocycles. The summed E-state index contributed by atoms with van der Waals surface area (Å²) in [5.74, 6) is 2.10. The summed E-state index contributed by atoms with van der Waals surface area (Å²) in [4.78, 5) is 12.8. The third kappa shape index (κ3) is 2.21. The predicted octanol–water partition coefficient (Wildman–Crippen LogP) is 3.52. The van der Waals surface area contributed by atoms with Gasteiger partial charge in [0.25, 0.3) is 0 Å². The topological polar surface area (TPSA) is 51.2 Å². The van der Waals surface area contributed by atoms with Crippen LogP contribution in [0, 0.1) is 17.3 Å². The lowest BCUT2D eigenvalue weighted by molar-refractivity contribution is -0.129. The van der Waals surface area contributed by atoms with Crippen molar-refractivity contribution in [2.24, 2.45) is 17.3 Å². The predicted molar refractivity (Wildman–Crippen MR) is 89.2 cm³/mol. The first-order valence-corrected chi connectivity index (χ1v) is 10.6. The summed E-state index contributed by atoms with van der Waals surface area (Å²) in [7, 11) is -3.14. The largest absolute Gasteiger partial charge is 0.299 e. The summed E-state index contributed by atoms with van der Waals surface area (Å²) in [5, 5.41) is 0. The van der Waals surface area contributed by atoms with Crippen molar-refractivity contribution in [2.75, 3.05) is 6.26 Å². The minimum atomic E-state index is -3.14. The number of benzene rings is 1. The van der Waals surface area contributed by atoms with Gasteiger partial charge in [0.1, 0.15) is 5.78 Å². The van der Waals surface area contributed by atoms with E-state index in [4.69, 9.17) is 0 Å². The maximum atomic E-state index is 12.3. The average molecular weight is 332 g/mol. The van der Waals surface area contributed by atoms with Crippen LogP contribution in [0.4, 0.5) is 0 Å². The van der Waals surface area contributed by atoms with Gasteiger partial charge in [-0.25, -0.2) is 8.42 Å². The zero-order valence-electron chi connectivity index (χ0n) is 13.8. The molecule has 0 aromatic heterocycles. The zero-order valence-corrected chi connectivity index (χ0v) is 14.7. The van der Waals surface area contributed by atoms with Crippen LogP contribution in [0.5, 0.6) is 0 Å². The lowest BCUT2D eigenvalue weighted by Crippen LogP contribution is -2.42. The van der Waals surface area contributed by atoms with E-state index in [0.29, 0.717) is 28.4 Å². The lowest BCUT2D eigenvalue weighted by Gasteiger charge is -2.48. The maximum absolute atomic E-state index is 12.3. The number of hydrogen-bond acceptors (Lipinski definition) is 3. The van der Waals surface area contributed by atoms with E-state index in [1.807, 2.05) is 12.1 Å². The number of rotatable bonds is 1. The molecular formula is C19H24O3S. The molecule has 0 aliphatic heterocycles. The molecule has 1 aromatic rings. The van der Waals surface area contributed by atoms with Gasteiger partial charge in [-0.15, -0.1) is 0 Å². The molecule has 0 N–H and O–H groups in total. The highest BCUT2D eigenvalue weighted by Gasteiger charge is 2.54. The number of carbonyl (C=O) groups excluding carboxylic acids is 1. The Hall–Kier alpha value is -1.16. The Kier molecular flexibility index (Phi) is 3.29. The van der Waals surface area contributed by atoms with E-state index in [9.17, 15) is 13.2 Å². The summed E-state index contributed by atoms with van der Waals surface area (Å²) < 4.78 is 23.6. The molecule has 124 valence electrons. The summed E-state index contributed by atoms with van der Waals surface area (Å²) >= 11 is 0. The second-order valence-corrected chi connectivity index (χ2v) is 9.98. The van der Waals surface area contributed by atoms with Crippen molar-refractivity contribution in [1.29, 1.82) is 0 Å². The Morgan fingerprint density at radius 1 is 1.13 bits per heavy atom. The lowest BCUT2D eigenvalue weighted by atomic mass is 9.55. The molecule has 4 rings (SSSR count). The molecule has 0 heterocycles. The molecule has 3 aliphatic rings. The quantitative estimate of drug-likeness (QED) is 0.791. The Bertz CT molecular complexity index is 780. The fourth-order valence-corrected chi connectivity index (χ4v) is 6.23. The summed E-state index contributed by atoms with van der Waals surface area (Å²) in [6.07, 6.45) is 7.17. The molecule has 4 atom stereocenters. The van der Waals surface area contributed by atoms with E-state index >= 15 is 0 Å². The number of hydrogen-bond donors (Lipinski definition) is 0. The highest BCUT2D eigenvalue weighted by Crippen LogP contribution is 2.59. The van der Waals surface area contributed by atoms with Crippen molar-refractivity contribution in [2.45, 2.75) is 56.3 Å². The molecule has 0 amide bonds. The third-order valence-corrected chi connectivity index (χ3v) is 7.95. The fourth-order valence-electron chi connectivity index (χ4n) is 5.56. The highest BCUT2D eigenvalue weighted by molar-refractivity contribution is 7.90. The molecule has 3 nitrogen and oxygen atoms in total. The van der Waals surface area contributed by atoms with E-state index in [-0.39, 0.29) is 5.41 Å². The standard InChI is InChI=1S/C19H24O3S/c1-19-10-9-15-14-6-4-13(23(2,21)22)11-12(14)3-5-16(15)17(19)7-8-18(19)20/h4,6,11,15-17H,3,5,7-10H2,1-2H3/t15-,16-,17+,19+/m1/s1. The van der Waals surface area contributed by atoms with Crippen LogP contribution < -0.4 is 0 Å². The van der Waals surface area contributed by atoms with Crippen LogP contribution in [-0.2, 0) is 21.1 Å². The Morgan fingerprint density at radius 3 is 2.65 bits per heavy atom. The molecule has 3 aliphatic carbocycles. The number of sulfone groups is 1. The summed E-state index contributed by atoms with van der Waals surface area (Å²) in [5.41, 5.74) is 2.46. The van der Waals surface area contributed by atoms with Crippen LogP contribution in [0.25, 0.3) is 0 Å². The van der Waals surface area contributed by atoms with Gasteiger partial charge in [-0.1, -0.05) is 13.0 Å². The smallest absolute Gasteiger partial charge is 0.175 e. The first kappa shape index (κ1) is 15.4. The van der Waals surface area contributed by atoms with Crippen molar-refractivity contribution in [3.05, 3.63) is 29.3 Å². The maximum Gasteiger partial charge on any atom is 0.175 e.